The Labute approximate surface area is 207 Å². The van der Waals surface area contributed by atoms with Crippen LogP contribution in [0, 0.1) is 6.92 Å². The van der Waals surface area contributed by atoms with E-state index in [-0.39, 0.29) is 0 Å². The van der Waals surface area contributed by atoms with E-state index in [1.165, 1.54) is 32.4 Å². The predicted octanol–water partition coefficient (Wildman–Crippen LogP) is 5.71. The standard InChI is InChI=1S/C26H26N4O2S2/c1-18-22(17-34-25-28-21-8-4-5-9-23(21)30(25)26(31)32)27-12-10-24(18)33-15-14-29-13-11-19-6-2-3-7-20(19)16-29/h2-10,12H,11,13-17H2,1H3,(H,31,32). The van der Waals surface area contributed by atoms with Gasteiger partial charge in [0.05, 0.1) is 16.7 Å². The molecule has 1 aliphatic heterocycles. The Bertz CT molecular complexity index is 1340. The summed E-state index contributed by atoms with van der Waals surface area (Å²) in [6.45, 7) is 5.29. The van der Waals surface area contributed by atoms with Gasteiger partial charge in [0.2, 0.25) is 0 Å². The maximum absolute atomic E-state index is 11.8. The lowest BCUT2D eigenvalue weighted by atomic mass is 10.0. The number of hydrogen-bond acceptors (Lipinski definition) is 6. The molecule has 0 amide bonds. The van der Waals surface area contributed by atoms with Crippen molar-refractivity contribution in [1.29, 1.82) is 0 Å². The Morgan fingerprint density at radius 1 is 1.06 bits per heavy atom. The number of carbonyl (C=O) groups is 1. The van der Waals surface area contributed by atoms with Crippen LogP contribution >= 0.6 is 23.5 Å². The van der Waals surface area contributed by atoms with Gasteiger partial charge in [0.25, 0.3) is 0 Å². The minimum Gasteiger partial charge on any atom is -0.464 e. The smallest absolute Gasteiger partial charge is 0.418 e. The molecule has 0 radical (unpaired) electrons. The van der Waals surface area contributed by atoms with E-state index in [4.69, 9.17) is 0 Å². The summed E-state index contributed by atoms with van der Waals surface area (Å²) < 4.78 is 1.25. The van der Waals surface area contributed by atoms with Gasteiger partial charge in [0.1, 0.15) is 0 Å². The highest BCUT2D eigenvalue weighted by atomic mass is 32.2. The second-order valence-corrected chi connectivity index (χ2v) is 10.4. The van der Waals surface area contributed by atoms with Crippen LogP contribution < -0.4 is 0 Å². The zero-order valence-electron chi connectivity index (χ0n) is 19.0. The Kier molecular flexibility index (Phi) is 6.89. The summed E-state index contributed by atoms with van der Waals surface area (Å²) in [4.78, 5) is 24.7. The van der Waals surface area contributed by atoms with Crippen molar-refractivity contribution in [1.82, 2.24) is 19.4 Å². The van der Waals surface area contributed by atoms with Crippen molar-refractivity contribution in [2.24, 2.45) is 0 Å². The molecule has 5 rings (SSSR count). The van der Waals surface area contributed by atoms with Crippen molar-refractivity contribution in [3.8, 4) is 0 Å². The highest BCUT2D eigenvalue weighted by Crippen LogP contribution is 2.30. The molecule has 3 heterocycles. The Morgan fingerprint density at radius 3 is 2.71 bits per heavy atom. The number of rotatable bonds is 7. The van der Waals surface area contributed by atoms with E-state index in [9.17, 15) is 9.90 Å². The van der Waals surface area contributed by atoms with Gasteiger partial charge in [0, 0.05) is 42.2 Å². The minimum absolute atomic E-state index is 0.471. The summed E-state index contributed by atoms with van der Waals surface area (Å²) in [6.07, 6.45) is 1.95. The number of pyridine rings is 1. The van der Waals surface area contributed by atoms with Crippen molar-refractivity contribution >= 4 is 40.7 Å². The number of carboxylic acid groups (broad SMARTS) is 1. The molecule has 0 atom stereocenters. The van der Waals surface area contributed by atoms with Gasteiger partial charge in [-0.3, -0.25) is 9.88 Å². The van der Waals surface area contributed by atoms with Crippen LogP contribution in [0.5, 0.6) is 0 Å². The van der Waals surface area contributed by atoms with E-state index in [1.807, 2.05) is 36.2 Å². The molecule has 0 spiro atoms. The molecule has 1 aliphatic rings. The molecule has 0 bridgehead atoms. The summed E-state index contributed by atoms with van der Waals surface area (Å²) in [5, 5.41) is 10.2. The number of benzene rings is 2. The van der Waals surface area contributed by atoms with E-state index in [0.29, 0.717) is 21.9 Å². The molecule has 2 aromatic heterocycles. The number of para-hydroxylation sites is 2. The number of nitrogens with zero attached hydrogens (tertiary/aromatic N) is 4. The third kappa shape index (κ3) is 4.85. The van der Waals surface area contributed by atoms with Gasteiger partial charge in [-0.15, -0.1) is 11.8 Å². The van der Waals surface area contributed by atoms with Crippen LogP contribution in [-0.4, -0.2) is 49.5 Å². The number of imidazole rings is 1. The summed E-state index contributed by atoms with van der Waals surface area (Å²) in [7, 11) is 0. The first-order valence-corrected chi connectivity index (χ1v) is 13.3. The summed E-state index contributed by atoms with van der Waals surface area (Å²) >= 11 is 3.27. The van der Waals surface area contributed by atoms with Crippen LogP contribution in [0.4, 0.5) is 4.79 Å². The largest absolute Gasteiger partial charge is 0.464 e. The molecule has 0 fully saturated rings. The fourth-order valence-corrected chi connectivity index (χ4v) is 6.40. The monoisotopic (exact) mass is 490 g/mol. The average molecular weight is 491 g/mol. The third-order valence-corrected chi connectivity index (χ3v) is 8.28. The maximum Gasteiger partial charge on any atom is 0.418 e. The number of fused-ring (bicyclic) bond motifs is 2. The zero-order chi connectivity index (χ0) is 23.5. The molecule has 0 aliphatic carbocycles. The predicted molar refractivity (Wildman–Crippen MR) is 138 cm³/mol. The Balaban J connectivity index is 1.22. The Morgan fingerprint density at radius 2 is 1.85 bits per heavy atom. The summed E-state index contributed by atoms with van der Waals surface area (Å²) in [5.74, 6) is 1.59. The fraction of sp³-hybridized carbons (Fsp3) is 0.269. The van der Waals surface area contributed by atoms with Crippen LogP contribution in [0.3, 0.4) is 0 Å². The summed E-state index contributed by atoms with van der Waals surface area (Å²) in [6, 6.07) is 18.1. The number of hydrogen-bond donors (Lipinski definition) is 1. The van der Waals surface area contributed by atoms with Gasteiger partial charge >= 0.3 is 6.09 Å². The molecule has 174 valence electrons. The van der Waals surface area contributed by atoms with Gasteiger partial charge < -0.3 is 5.11 Å². The third-order valence-electron chi connectivity index (χ3n) is 6.19. The highest BCUT2D eigenvalue weighted by Gasteiger charge is 2.18. The number of aromatic nitrogens is 3. The van der Waals surface area contributed by atoms with Gasteiger partial charge in [-0.25, -0.2) is 14.3 Å². The fourth-order valence-electron chi connectivity index (χ4n) is 4.31. The highest BCUT2D eigenvalue weighted by molar-refractivity contribution is 7.99. The van der Waals surface area contributed by atoms with Gasteiger partial charge in [-0.05, 0) is 48.2 Å². The molecular formula is C26H26N4O2S2. The van der Waals surface area contributed by atoms with Crippen molar-refractivity contribution in [3.05, 3.63) is 83.2 Å². The maximum atomic E-state index is 11.8. The van der Waals surface area contributed by atoms with Crippen molar-refractivity contribution in [2.75, 3.05) is 18.8 Å². The first kappa shape index (κ1) is 23.0. The normalized spacial score (nSPS) is 13.8. The molecule has 6 nitrogen and oxygen atoms in total. The second-order valence-electron chi connectivity index (χ2n) is 8.31. The van der Waals surface area contributed by atoms with Crippen LogP contribution in [0.2, 0.25) is 0 Å². The topological polar surface area (TPSA) is 71.2 Å². The minimum atomic E-state index is -1.02. The van der Waals surface area contributed by atoms with Gasteiger partial charge in [-0.2, -0.15) is 0 Å². The molecule has 0 saturated heterocycles. The lowest BCUT2D eigenvalue weighted by Gasteiger charge is -2.28. The quantitative estimate of drug-likeness (QED) is 0.333. The van der Waals surface area contributed by atoms with Crippen LogP contribution in [0.15, 0.2) is 70.8 Å². The van der Waals surface area contributed by atoms with E-state index < -0.39 is 6.09 Å². The first-order valence-electron chi connectivity index (χ1n) is 11.3. The second kappa shape index (κ2) is 10.2. The zero-order valence-corrected chi connectivity index (χ0v) is 20.6. The van der Waals surface area contributed by atoms with Crippen molar-refractivity contribution in [2.45, 2.75) is 35.7 Å². The SMILES string of the molecule is Cc1c(SCCN2CCc3ccccc3C2)ccnc1CSc1nc2ccccc2n1C(=O)O. The van der Waals surface area contributed by atoms with Crippen molar-refractivity contribution < 1.29 is 9.90 Å². The van der Waals surface area contributed by atoms with Gasteiger partial charge in [-0.1, -0.05) is 48.2 Å². The lowest BCUT2D eigenvalue weighted by Crippen LogP contribution is -2.32. The van der Waals surface area contributed by atoms with E-state index in [0.717, 1.165) is 43.1 Å². The van der Waals surface area contributed by atoms with E-state index in [2.05, 4.69) is 52.1 Å². The molecule has 0 unspecified atom stereocenters. The van der Waals surface area contributed by atoms with E-state index >= 15 is 0 Å². The average Bonchev–Trinajstić information content (AvgIpc) is 3.23. The lowest BCUT2D eigenvalue weighted by molar-refractivity contribution is 0.195. The van der Waals surface area contributed by atoms with Crippen LogP contribution in [0.25, 0.3) is 11.0 Å². The molecule has 34 heavy (non-hydrogen) atoms. The number of thioether (sulfide) groups is 2. The van der Waals surface area contributed by atoms with Gasteiger partial charge in [0.15, 0.2) is 5.16 Å². The molecule has 0 saturated carbocycles. The molecular weight excluding hydrogens is 464 g/mol. The summed E-state index contributed by atoms with van der Waals surface area (Å²) in [5.41, 5.74) is 6.34. The van der Waals surface area contributed by atoms with Crippen LogP contribution in [0.1, 0.15) is 22.4 Å². The molecule has 4 aromatic rings. The molecule has 8 heteroatoms. The first-order chi connectivity index (χ1) is 16.6. The molecule has 2 aromatic carbocycles. The van der Waals surface area contributed by atoms with E-state index in [1.54, 1.807) is 6.07 Å². The Hall–Kier alpha value is -2.81. The van der Waals surface area contributed by atoms with Crippen LogP contribution in [-0.2, 0) is 18.7 Å². The molecule has 1 N–H and O–H groups in total. The van der Waals surface area contributed by atoms with Crippen molar-refractivity contribution in [3.63, 3.8) is 0 Å².